The normalized spacial score (nSPS) is 13.6. The Morgan fingerprint density at radius 3 is 2.36 bits per heavy atom. The molecule has 2 amide bonds. The lowest BCUT2D eigenvalue weighted by atomic mass is 10.2. The maximum absolute atomic E-state index is 12.3. The van der Waals surface area contributed by atoms with E-state index < -0.39 is 0 Å². The smallest absolute Gasteiger partial charge is 0.409 e. The van der Waals surface area contributed by atoms with Gasteiger partial charge in [-0.05, 0) is 31.2 Å². The molecule has 1 aliphatic rings. The zero-order chi connectivity index (χ0) is 19.9. The minimum atomic E-state index is -0.330. The summed E-state index contributed by atoms with van der Waals surface area (Å²) in [5.74, 6) is 0.182. The van der Waals surface area contributed by atoms with Gasteiger partial charge in [-0.3, -0.25) is 4.79 Å². The molecule has 0 atom stereocenters. The highest BCUT2D eigenvalue weighted by Gasteiger charge is 2.23. The molecule has 0 radical (unpaired) electrons. The summed E-state index contributed by atoms with van der Waals surface area (Å²) >= 11 is 0. The van der Waals surface area contributed by atoms with Gasteiger partial charge in [-0.2, -0.15) is 5.26 Å². The fourth-order valence-electron chi connectivity index (χ4n) is 2.74. The van der Waals surface area contributed by atoms with Crippen LogP contribution in [0, 0.1) is 11.3 Å². The number of amides is 2. The van der Waals surface area contributed by atoms with Crippen LogP contribution >= 0.6 is 0 Å². The number of piperazine rings is 1. The molecule has 1 aliphatic heterocycles. The van der Waals surface area contributed by atoms with Gasteiger partial charge in [0.15, 0.2) is 0 Å². The monoisotopic (exact) mass is 380 g/mol. The fourth-order valence-corrected chi connectivity index (χ4v) is 2.74. The molecule has 1 N–H and O–H groups in total. The molecule has 0 aliphatic carbocycles. The third-order valence-corrected chi connectivity index (χ3v) is 4.26. The van der Waals surface area contributed by atoms with Gasteiger partial charge in [0.25, 0.3) is 5.91 Å². The molecule has 1 saturated heterocycles. The molecule has 0 spiro atoms. The number of ether oxygens (including phenoxy) is 1. The van der Waals surface area contributed by atoms with Crippen molar-refractivity contribution in [2.45, 2.75) is 6.92 Å². The predicted molar refractivity (Wildman–Crippen MR) is 102 cm³/mol. The highest BCUT2D eigenvalue weighted by atomic mass is 16.6. The Morgan fingerprint density at radius 2 is 1.79 bits per heavy atom. The number of nitrogens with one attached hydrogen (secondary N) is 1. The van der Waals surface area contributed by atoms with E-state index in [9.17, 15) is 9.59 Å². The Labute approximate surface area is 162 Å². The Morgan fingerprint density at radius 1 is 1.14 bits per heavy atom. The number of carbonyl (C=O) groups is 2. The maximum Gasteiger partial charge on any atom is 0.409 e. The molecular weight excluding hydrogens is 360 g/mol. The zero-order valence-electron chi connectivity index (χ0n) is 15.5. The van der Waals surface area contributed by atoms with Crippen molar-refractivity contribution >= 4 is 23.6 Å². The molecule has 9 nitrogen and oxygen atoms in total. The van der Waals surface area contributed by atoms with Gasteiger partial charge in [0.2, 0.25) is 5.95 Å². The van der Waals surface area contributed by atoms with Crippen LogP contribution in [0.1, 0.15) is 22.8 Å². The van der Waals surface area contributed by atoms with Gasteiger partial charge >= 0.3 is 6.09 Å². The summed E-state index contributed by atoms with van der Waals surface area (Å²) in [4.78, 5) is 36.2. The summed E-state index contributed by atoms with van der Waals surface area (Å²) in [6.07, 6.45) is 2.64. The predicted octanol–water partition coefficient (Wildman–Crippen LogP) is 1.88. The summed E-state index contributed by atoms with van der Waals surface area (Å²) in [7, 11) is 0. The average Bonchev–Trinajstić information content (AvgIpc) is 2.74. The first-order valence-electron chi connectivity index (χ1n) is 8.91. The van der Waals surface area contributed by atoms with Crippen LogP contribution in [0.3, 0.4) is 0 Å². The van der Waals surface area contributed by atoms with Crippen LogP contribution < -0.4 is 10.2 Å². The highest BCUT2D eigenvalue weighted by Crippen LogP contribution is 2.14. The van der Waals surface area contributed by atoms with Crippen LogP contribution in [0.25, 0.3) is 0 Å². The van der Waals surface area contributed by atoms with E-state index in [0.717, 1.165) is 0 Å². The maximum atomic E-state index is 12.3. The van der Waals surface area contributed by atoms with Crippen molar-refractivity contribution in [2.24, 2.45) is 0 Å². The first-order chi connectivity index (χ1) is 13.6. The molecule has 1 aromatic heterocycles. The highest BCUT2D eigenvalue weighted by molar-refractivity contribution is 6.03. The molecule has 3 rings (SSSR count). The Kier molecular flexibility index (Phi) is 6.01. The third kappa shape index (κ3) is 4.54. The minimum Gasteiger partial charge on any atom is -0.450 e. The molecule has 9 heteroatoms. The molecule has 28 heavy (non-hydrogen) atoms. The number of carbonyl (C=O) groups excluding carboxylic acids is 2. The van der Waals surface area contributed by atoms with Crippen molar-refractivity contribution in [3.8, 4) is 6.07 Å². The number of hydrogen-bond donors (Lipinski definition) is 1. The Balaban J connectivity index is 1.56. The number of aromatic nitrogens is 2. The first kappa shape index (κ1) is 19.1. The summed E-state index contributed by atoms with van der Waals surface area (Å²) in [6, 6.07) is 8.61. The fraction of sp³-hybridized carbons (Fsp3) is 0.316. The van der Waals surface area contributed by atoms with Crippen molar-refractivity contribution in [2.75, 3.05) is 43.0 Å². The lowest BCUT2D eigenvalue weighted by Gasteiger charge is -2.33. The van der Waals surface area contributed by atoms with Crippen molar-refractivity contribution in [3.63, 3.8) is 0 Å². The Bertz CT molecular complexity index is 868. The van der Waals surface area contributed by atoms with E-state index in [1.807, 2.05) is 11.0 Å². The van der Waals surface area contributed by atoms with Gasteiger partial charge in [-0.15, -0.1) is 0 Å². The second-order valence-corrected chi connectivity index (χ2v) is 6.09. The van der Waals surface area contributed by atoms with E-state index >= 15 is 0 Å². The van der Waals surface area contributed by atoms with Gasteiger partial charge in [-0.1, -0.05) is 0 Å². The molecule has 0 saturated carbocycles. The number of anilines is 2. The average molecular weight is 380 g/mol. The number of hydrogen-bond acceptors (Lipinski definition) is 7. The molecule has 1 fully saturated rings. The van der Waals surface area contributed by atoms with E-state index in [2.05, 4.69) is 15.3 Å². The molecule has 2 heterocycles. The van der Waals surface area contributed by atoms with Crippen molar-refractivity contribution in [3.05, 3.63) is 47.8 Å². The minimum absolute atomic E-state index is 0.308. The molecule has 2 aromatic rings. The molecule has 0 unspecified atom stereocenters. The molecular formula is C19H20N6O3. The second kappa shape index (κ2) is 8.81. The number of nitrogens with zero attached hydrogens (tertiary/aromatic N) is 5. The largest absolute Gasteiger partial charge is 0.450 e. The van der Waals surface area contributed by atoms with E-state index in [0.29, 0.717) is 55.5 Å². The molecule has 144 valence electrons. The van der Waals surface area contributed by atoms with Crippen LogP contribution in [0.2, 0.25) is 0 Å². The van der Waals surface area contributed by atoms with E-state index in [1.54, 1.807) is 36.1 Å². The summed E-state index contributed by atoms with van der Waals surface area (Å²) < 4.78 is 5.00. The van der Waals surface area contributed by atoms with Gasteiger partial charge in [-0.25, -0.2) is 14.8 Å². The van der Waals surface area contributed by atoms with Crippen LogP contribution in [-0.4, -0.2) is 59.7 Å². The van der Waals surface area contributed by atoms with Gasteiger partial charge < -0.3 is 19.9 Å². The lowest BCUT2D eigenvalue weighted by molar-refractivity contribution is 0.102. The third-order valence-electron chi connectivity index (χ3n) is 4.26. The summed E-state index contributed by atoms with van der Waals surface area (Å²) in [6.45, 7) is 4.38. The van der Waals surface area contributed by atoms with Crippen molar-refractivity contribution in [1.29, 1.82) is 5.26 Å². The summed E-state index contributed by atoms with van der Waals surface area (Å²) in [5.41, 5.74) is 1.44. The Hall–Kier alpha value is -3.67. The van der Waals surface area contributed by atoms with Crippen LogP contribution in [0.15, 0.2) is 36.7 Å². The number of rotatable bonds is 4. The number of benzene rings is 1. The van der Waals surface area contributed by atoms with E-state index in [4.69, 9.17) is 10.00 Å². The molecule has 0 bridgehead atoms. The quantitative estimate of drug-likeness (QED) is 0.862. The first-order valence-corrected chi connectivity index (χ1v) is 8.91. The van der Waals surface area contributed by atoms with Gasteiger partial charge in [0.1, 0.15) is 0 Å². The second-order valence-electron chi connectivity index (χ2n) is 6.09. The summed E-state index contributed by atoms with van der Waals surface area (Å²) in [5, 5.41) is 11.5. The standard InChI is InChI=1S/C19H20N6O3/c1-2-28-19(27)25-9-7-24(8-10-25)18-21-12-15(13-22-18)17(26)23-16-5-3-14(11-20)4-6-16/h3-6,12-13H,2,7-10H2,1H3,(H,23,26). The van der Waals surface area contributed by atoms with Gasteiger partial charge in [0, 0.05) is 44.3 Å². The van der Waals surface area contributed by atoms with Crippen LogP contribution in [0.4, 0.5) is 16.4 Å². The van der Waals surface area contributed by atoms with Crippen LogP contribution in [0.5, 0.6) is 0 Å². The van der Waals surface area contributed by atoms with Crippen molar-refractivity contribution < 1.29 is 14.3 Å². The van der Waals surface area contributed by atoms with E-state index in [1.165, 1.54) is 12.4 Å². The van der Waals surface area contributed by atoms with Crippen molar-refractivity contribution in [1.82, 2.24) is 14.9 Å². The molecule has 1 aromatic carbocycles. The van der Waals surface area contributed by atoms with E-state index in [-0.39, 0.29) is 12.0 Å². The van der Waals surface area contributed by atoms with Gasteiger partial charge in [0.05, 0.1) is 23.8 Å². The lowest BCUT2D eigenvalue weighted by Crippen LogP contribution is -2.49. The topological polar surface area (TPSA) is 111 Å². The zero-order valence-corrected chi connectivity index (χ0v) is 15.5. The number of nitriles is 1. The van der Waals surface area contributed by atoms with Crippen LogP contribution in [-0.2, 0) is 4.74 Å². The SMILES string of the molecule is CCOC(=O)N1CCN(c2ncc(C(=O)Nc3ccc(C#N)cc3)cn2)CC1.